The van der Waals surface area contributed by atoms with Crippen LogP contribution in [0.2, 0.25) is 0 Å². The van der Waals surface area contributed by atoms with Crippen molar-refractivity contribution in [3.63, 3.8) is 0 Å². The molecule has 0 aliphatic rings. The van der Waals surface area contributed by atoms with Crippen molar-refractivity contribution in [1.29, 1.82) is 0 Å². The van der Waals surface area contributed by atoms with Gasteiger partial charge in [0.15, 0.2) is 0 Å². The molecule has 0 bridgehead atoms. The van der Waals surface area contributed by atoms with Crippen molar-refractivity contribution in [2.45, 2.75) is 78.9 Å². The molecule has 4 aromatic carbocycles. The number of amides is 1. The SMILES string of the molecule is CCCc1nc2c(C)cc(C(=O)N(SC(=O)C(N)CC(C)C)C(C)Cc3ccccc3)cc2n1Cc1ccc(-c2ccccc2C(=O)O)cc1. The van der Waals surface area contributed by atoms with E-state index in [1.165, 1.54) is 0 Å². The van der Waals surface area contributed by atoms with Crippen molar-refractivity contribution in [3.8, 4) is 11.1 Å². The maximum absolute atomic E-state index is 14.4. The molecule has 2 unspecified atom stereocenters. The molecular formula is C41H46N4O4S. The van der Waals surface area contributed by atoms with Gasteiger partial charge in [0.25, 0.3) is 5.91 Å². The molecule has 0 spiro atoms. The zero-order valence-corrected chi connectivity index (χ0v) is 30.2. The molecule has 0 saturated heterocycles. The Balaban J connectivity index is 1.50. The standard InChI is InChI=1S/C41H46N4O4S/c1-6-12-37-43-38-27(4)22-32(39(46)45(50-41(49)35(42)21-26(2)3)28(5)23-29-13-8-7-9-14-29)24-36(38)44(37)25-30-17-19-31(20-18-30)33-15-10-11-16-34(33)40(47)48/h7-11,13-20,22,24,26,28,35H,6,12,21,23,25,42H2,1-5H3,(H,47,48). The van der Waals surface area contributed by atoms with Gasteiger partial charge in [-0.2, -0.15) is 0 Å². The van der Waals surface area contributed by atoms with E-state index < -0.39 is 12.0 Å². The molecule has 0 aliphatic carbocycles. The van der Waals surface area contributed by atoms with E-state index in [2.05, 4.69) is 11.5 Å². The Labute approximate surface area is 298 Å². The van der Waals surface area contributed by atoms with Crippen molar-refractivity contribution in [3.05, 3.63) is 125 Å². The minimum Gasteiger partial charge on any atom is -0.478 e. The van der Waals surface area contributed by atoms with Gasteiger partial charge in [-0.25, -0.2) is 9.78 Å². The van der Waals surface area contributed by atoms with Gasteiger partial charge in [0.05, 0.1) is 22.6 Å². The number of imidazole rings is 1. The molecule has 0 aliphatic heterocycles. The van der Waals surface area contributed by atoms with Crippen LogP contribution >= 0.6 is 11.9 Å². The van der Waals surface area contributed by atoms with E-state index in [1.54, 1.807) is 16.4 Å². The Kier molecular flexibility index (Phi) is 11.9. The largest absolute Gasteiger partial charge is 0.478 e. The number of fused-ring (bicyclic) bond motifs is 1. The number of rotatable bonds is 13. The fourth-order valence-electron chi connectivity index (χ4n) is 6.31. The van der Waals surface area contributed by atoms with E-state index in [0.29, 0.717) is 30.5 Å². The third-order valence-electron chi connectivity index (χ3n) is 8.80. The number of carbonyl (C=O) groups excluding carboxylic acids is 2. The van der Waals surface area contributed by atoms with Crippen LogP contribution in [0.4, 0.5) is 0 Å². The first kappa shape index (κ1) is 36.5. The summed E-state index contributed by atoms with van der Waals surface area (Å²) in [5.74, 6) is -0.0395. The van der Waals surface area contributed by atoms with Gasteiger partial charge in [0.2, 0.25) is 5.12 Å². The van der Waals surface area contributed by atoms with E-state index in [1.807, 2.05) is 107 Å². The maximum Gasteiger partial charge on any atom is 0.336 e. The lowest BCUT2D eigenvalue weighted by atomic mass is 9.98. The van der Waals surface area contributed by atoms with Gasteiger partial charge in [-0.1, -0.05) is 93.6 Å². The molecule has 0 saturated carbocycles. The van der Waals surface area contributed by atoms with Crippen LogP contribution in [0.25, 0.3) is 22.2 Å². The van der Waals surface area contributed by atoms with E-state index in [0.717, 1.165) is 63.9 Å². The zero-order chi connectivity index (χ0) is 35.9. The zero-order valence-electron chi connectivity index (χ0n) is 29.4. The van der Waals surface area contributed by atoms with Gasteiger partial charge in [0.1, 0.15) is 5.82 Å². The van der Waals surface area contributed by atoms with Crippen LogP contribution in [0.1, 0.15) is 83.8 Å². The number of carboxylic acid groups (broad SMARTS) is 1. The number of aromatic nitrogens is 2. The van der Waals surface area contributed by atoms with E-state index in [-0.39, 0.29) is 28.5 Å². The highest BCUT2D eigenvalue weighted by Crippen LogP contribution is 2.30. The summed E-state index contributed by atoms with van der Waals surface area (Å²) in [6.45, 7) is 10.6. The number of aromatic carboxylic acids is 1. The predicted molar refractivity (Wildman–Crippen MR) is 202 cm³/mol. The number of hydrogen-bond donors (Lipinski definition) is 2. The van der Waals surface area contributed by atoms with Gasteiger partial charge in [-0.15, -0.1) is 0 Å². The Hall–Kier alpha value is -4.73. The van der Waals surface area contributed by atoms with Crippen LogP contribution in [0.3, 0.4) is 0 Å². The molecule has 260 valence electrons. The molecule has 1 amide bonds. The molecule has 0 radical (unpaired) electrons. The molecule has 5 rings (SSSR count). The lowest BCUT2D eigenvalue weighted by molar-refractivity contribution is -0.112. The Bertz CT molecular complexity index is 1970. The highest BCUT2D eigenvalue weighted by atomic mass is 32.2. The number of aryl methyl sites for hydroxylation is 2. The highest BCUT2D eigenvalue weighted by Gasteiger charge is 2.29. The third-order valence-corrected chi connectivity index (χ3v) is 10.0. The molecule has 9 heteroatoms. The topological polar surface area (TPSA) is 119 Å². The van der Waals surface area contributed by atoms with Crippen molar-refractivity contribution < 1.29 is 19.5 Å². The molecule has 1 aromatic heterocycles. The molecular weight excluding hydrogens is 645 g/mol. The lowest BCUT2D eigenvalue weighted by Gasteiger charge is -2.28. The van der Waals surface area contributed by atoms with Gasteiger partial charge in [0, 0.05) is 36.5 Å². The number of nitrogens with two attached hydrogens (primary N) is 1. The Morgan fingerprint density at radius 3 is 2.26 bits per heavy atom. The third kappa shape index (κ3) is 8.52. The molecule has 2 atom stereocenters. The number of carbonyl (C=O) groups is 3. The molecule has 50 heavy (non-hydrogen) atoms. The van der Waals surface area contributed by atoms with Crippen LogP contribution in [0.5, 0.6) is 0 Å². The minimum absolute atomic E-state index is 0.227. The first-order valence-electron chi connectivity index (χ1n) is 17.2. The summed E-state index contributed by atoms with van der Waals surface area (Å²) in [6.07, 6.45) is 2.79. The summed E-state index contributed by atoms with van der Waals surface area (Å²) in [4.78, 5) is 44.7. The quantitative estimate of drug-likeness (QED) is 0.119. The molecule has 1 heterocycles. The van der Waals surface area contributed by atoms with Crippen LogP contribution < -0.4 is 5.73 Å². The molecule has 5 aromatic rings. The second-order valence-corrected chi connectivity index (χ2v) is 14.4. The van der Waals surface area contributed by atoms with Crippen molar-refractivity contribution >= 4 is 40.0 Å². The number of benzene rings is 4. The monoisotopic (exact) mass is 690 g/mol. The van der Waals surface area contributed by atoms with Gasteiger partial charge < -0.3 is 15.4 Å². The van der Waals surface area contributed by atoms with Crippen LogP contribution in [0.15, 0.2) is 91.0 Å². The highest BCUT2D eigenvalue weighted by molar-refractivity contribution is 8.12. The average molecular weight is 691 g/mol. The summed E-state index contributed by atoms with van der Waals surface area (Å²) < 4.78 is 3.76. The fraction of sp³-hybridized carbons (Fsp3) is 0.317. The normalized spacial score (nSPS) is 12.6. The summed E-state index contributed by atoms with van der Waals surface area (Å²) in [5.41, 5.74) is 13.2. The molecule has 0 fully saturated rings. The number of nitrogens with zero attached hydrogens (tertiary/aromatic N) is 3. The van der Waals surface area contributed by atoms with E-state index in [9.17, 15) is 19.5 Å². The summed E-state index contributed by atoms with van der Waals surface area (Å²) in [7, 11) is 0. The van der Waals surface area contributed by atoms with Crippen LogP contribution in [-0.4, -0.2) is 48.0 Å². The van der Waals surface area contributed by atoms with Crippen LogP contribution in [-0.2, 0) is 24.2 Å². The number of hydrogen-bond acceptors (Lipinski definition) is 6. The average Bonchev–Trinajstić information content (AvgIpc) is 3.44. The summed E-state index contributed by atoms with van der Waals surface area (Å²) in [6, 6.07) is 27.7. The van der Waals surface area contributed by atoms with Crippen molar-refractivity contribution in [1.82, 2.24) is 13.9 Å². The maximum atomic E-state index is 14.4. The van der Waals surface area contributed by atoms with Crippen LogP contribution in [0, 0.1) is 12.8 Å². The molecule has 3 N–H and O–H groups in total. The molecule has 8 nitrogen and oxygen atoms in total. The lowest BCUT2D eigenvalue weighted by Crippen LogP contribution is -2.39. The fourth-order valence-corrected chi connectivity index (χ4v) is 7.18. The van der Waals surface area contributed by atoms with Crippen molar-refractivity contribution in [2.24, 2.45) is 11.7 Å². The second-order valence-electron chi connectivity index (χ2n) is 13.4. The number of carboxylic acids is 1. The first-order valence-corrected chi connectivity index (χ1v) is 18.0. The minimum atomic E-state index is -0.964. The van der Waals surface area contributed by atoms with Gasteiger partial charge in [-0.3, -0.25) is 13.9 Å². The predicted octanol–water partition coefficient (Wildman–Crippen LogP) is 8.33. The Morgan fingerprint density at radius 1 is 0.920 bits per heavy atom. The Morgan fingerprint density at radius 2 is 1.60 bits per heavy atom. The van der Waals surface area contributed by atoms with Gasteiger partial charge >= 0.3 is 5.97 Å². The second kappa shape index (κ2) is 16.3. The summed E-state index contributed by atoms with van der Waals surface area (Å²) >= 11 is 0.919. The van der Waals surface area contributed by atoms with E-state index in [4.69, 9.17) is 10.7 Å². The smallest absolute Gasteiger partial charge is 0.336 e. The van der Waals surface area contributed by atoms with Gasteiger partial charge in [-0.05, 0) is 85.0 Å². The summed E-state index contributed by atoms with van der Waals surface area (Å²) in [5, 5.41) is 9.46. The van der Waals surface area contributed by atoms with Crippen molar-refractivity contribution in [2.75, 3.05) is 0 Å². The first-order chi connectivity index (χ1) is 24.0. The van der Waals surface area contributed by atoms with E-state index >= 15 is 0 Å².